The largest absolute Gasteiger partial charge is 0.334 e. The Bertz CT molecular complexity index is 1160. The maximum atomic E-state index is 12.7. The Balaban J connectivity index is 0.00000289. The van der Waals surface area contributed by atoms with Crippen LogP contribution in [0.5, 0.6) is 0 Å². The molecule has 0 saturated heterocycles. The van der Waals surface area contributed by atoms with Gasteiger partial charge in [0.05, 0.1) is 23.6 Å². The van der Waals surface area contributed by atoms with Crippen LogP contribution in [-0.4, -0.2) is 38.4 Å². The molecule has 0 saturated carbocycles. The van der Waals surface area contributed by atoms with Gasteiger partial charge in [-0.2, -0.15) is 0 Å². The first-order valence-corrected chi connectivity index (χ1v) is 10.5. The van der Waals surface area contributed by atoms with Crippen molar-refractivity contribution in [2.24, 2.45) is 0 Å². The zero-order chi connectivity index (χ0) is 21.6. The molecule has 0 spiro atoms. The lowest BCUT2D eigenvalue weighted by Crippen LogP contribution is -2.34. The van der Waals surface area contributed by atoms with Crippen LogP contribution in [0.1, 0.15) is 22.0 Å². The number of fused-ring (bicyclic) bond motifs is 1. The highest BCUT2D eigenvalue weighted by atomic mass is 35.5. The van der Waals surface area contributed by atoms with Gasteiger partial charge < -0.3 is 4.90 Å². The Labute approximate surface area is 195 Å². The number of hydrogen-bond donors (Lipinski definition) is 2. The van der Waals surface area contributed by atoms with Crippen molar-refractivity contribution in [1.29, 1.82) is 0 Å². The second-order valence-corrected chi connectivity index (χ2v) is 7.98. The van der Waals surface area contributed by atoms with E-state index in [0.717, 1.165) is 27.6 Å². The fourth-order valence-electron chi connectivity index (χ4n) is 3.20. The average molecular weight is 469 g/mol. The smallest absolute Gasteiger partial charge is 0.267 e. The highest BCUT2D eigenvalue weighted by molar-refractivity contribution is 7.15. The second-order valence-electron chi connectivity index (χ2n) is 6.89. The van der Waals surface area contributed by atoms with Crippen molar-refractivity contribution in [3.8, 4) is 10.6 Å². The first-order valence-electron chi connectivity index (χ1n) is 9.72. The molecule has 1 aliphatic rings. The predicted octanol–water partition coefficient (Wildman–Crippen LogP) is 3.74. The van der Waals surface area contributed by atoms with Gasteiger partial charge in [-0.25, -0.2) is 15.4 Å². The minimum absolute atomic E-state index is 0. The maximum Gasteiger partial charge on any atom is 0.267 e. The molecule has 2 aromatic heterocycles. The van der Waals surface area contributed by atoms with E-state index in [1.54, 1.807) is 40.5 Å². The van der Waals surface area contributed by atoms with Crippen LogP contribution in [0.25, 0.3) is 22.7 Å². The first-order chi connectivity index (χ1) is 15.1. The van der Waals surface area contributed by atoms with Crippen LogP contribution in [0, 0.1) is 0 Å². The van der Waals surface area contributed by atoms with Crippen molar-refractivity contribution in [2.45, 2.75) is 13.0 Å². The summed E-state index contributed by atoms with van der Waals surface area (Å²) in [6, 6.07) is 15.3. The van der Waals surface area contributed by atoms with Crippen LogP contribution in [-0.2, 0) is 22.6 Å². The van der Waals surface area contributed by atoms with Gasteiger partial charge >= 0.3 is 0 Å². The number of carbonyl (C=O) groups excluding carboxylic acids is 2. The van der Waals surface area contributed by atoms with Crippen LogP contribution < -0.4 is 5.48 Å². The highest BCUT2D eigenvalue weighted by Gasteiger charge is 2.23. The Morgan fingerprint density at radius 2 is 1.72 bits per heavy atom. The van der Waals surface area contributed by atoms with E-state index in [4.69, 9.17) is 10.2 Å². The molecule has 3 heterocycles. The third-order valence-electron chi connectivity index (χ3n) is 4.77. The number of carbonyl (C=O) groups is 2. The molecular weight excluding hydrogens is 448 g/mol. The number of halogens is 1. The monoisotopic (exact) mass is 468 g/mol. The molecule has 0 atom stereocenters. The summed E-state index contributed by atoms with van der Waals surface area (Å²) in [5.41, 5.74) is 4.83. The van der Waals surface area contributed by atoms with Crippen molar-refractivity contribution in [3.05, 3.63) is 82.6 Å². The fraction of sp³-hybridized carbons (Fsp3) is 0.130. The molecule has 0 bridgehead atoms. The summed E-state index contributed by atoms with van der Waals surface area (Å²) in [5, 5.41) is 9.51. The lowest BCUT2D eigenvalue weighted by Gasteiger charge is -2.24. The van der Waals surface area contributed by atoms with Crippen LogP contribution in [0.15, 0.2) is 60.7 Å². The standard InChI is InChI=1S/C23H20N4O3S.ClH/c28-21(26-30)11-9-17-7-4-8-18(24-17)10-12-22(29)27-14-13-19-20(15-27)31-23(25-19)16-5-2-1-3-6-16;/h1-12,30H,13-15H2,(H,26,28);1H. The quantitative estimate of drug-likeness (QED) is 0.338. The summed E-state index contributed by atoms with van der Waals surface area (Å²) < 4.78 is 0. The van der Waals surface area contributed by atoms with E-state index in [9.17, 15) is 9.59 Å². The molecule has 0 fully saturated rings. The Kier molecular flexibility index (Phi) is 7.88. The Hall–Kier alpha value is -3.33. The molecule has 0 aliphatic carbocycles. The minimum atomic E-state index is -0.638. The number of thiazole rings is 1. The number of hydrogen-bond acceptors (Lipinski definition) is 6. The van der Waals surface area contributed by atoms with Gasteiger partial charge in [0.2, 0.25) is 5.91 Å². The first kappa shape index (κ1) is 23.3. The van der Waals surface area contributed by atoms with Gasteiger partial charge in [0.15, 0.2) is 0 Å². The molecule has 0 radical (unpaired) electrons. The Morgan fingerprint density at radius 3 is 2.44 bits per heavy atom. The molecular formula is C23H21ClN4O3S. The maximum absolute atomic E-state index is 12.7. The van der Waals surface area contributed by atoms with E-state index in [-0.39, 0.29) is 18.3 Å². The number of rotatable bonds is 5. The molecule has 32 heavy (non-hydrogen) atoms. The fourth-order valence-corrected chi connectivity index (χ4v) is 4.33. The summed E-state index contributed by atoms with van der Waals surface area (Å²) in [5.74, 6) is -0.719. The van der Waals surface area contributed by atoms with E-state index < -0.39 is 5.91 Å². The molecule has 0 unspecified atom stereocenters. The van der Waals surface area contributed by atoms with Gasteiger partial charge in [0.1, 0.15) is 5.01 Å². The number of nitrogens with zero attached hydrogens (tertiary/aromatic N) is 3. The van der Waals surface area contributed by atoms with Crippen molar-refractivity contribution < 1.29 is 14.8 Å². The van der Waals surface area contributed by atoms with Gasteiger partial charge in [0, 0.05) is 35.6 Å². The summed E-state index contributed by atoms with van der Waals surface area (Å²) in [7, 11) is 0. The second kappa shape index (κ2) is 10.8. The Morgan fingerprint density at radius 1 is 1.00 bits per heavy atom. The third kappa shape index (κ3) is 5.67. The molecule has 1 aromatic carbocycles. The molecule has 2 amide bonds. The molecule has 2 N–H and O–H groups in total. The summed E-state index contributed by atoms with van der Waals surface area (Å²) in [6.45, 7) is 1.18. The predicted molar refractivity (Wildman–Crippen MR) is 126 cm³/mol. The van der Waals surface area contributed by atoms with Crippen molar-refractivity contribution in [2.75, 3.05) is 6.54 Å². The molecule has 4 rings (SSSR count). The number of hydroxylamine groups is 1. The normalized spacial score (nSPS) is 13.1. The van der Waals surface area contributed by atoms with Crippen LogP contribution >= 0.6 is 23.7 Å². The molecule has 1 aliphatic heterocycles. The van der Waals surface area contributed by atoms with Gasteiger partial charge in [0.25, 0.3) is 5.91 Å². The molecule has 9 heteroatoms. The van der Waals surface area contributed by atoms with E-state index in [2.05, 4.69) is 4.98 Å². The average Bonchev–Trinajstić information content (AvgIpc) is 3.25. The lowest BCUT2D eigenvalue weighted by atomic mass is 10.1. The number of amides is 2. The van der Waals surface area contributed by atoms with Crippen molar-refractivity contribution >= 4 is 47.7 Å². The SMILES string of the molecule is Cl.O=C(C=Cc1cccc(C=CC(=O)N2CCc3nc(-c4ccccc4)sc3C2)n1)NO. The van der Waals surface area contributed by atoms with Gasteiger partial charge in [-0.15, -0.1) is 23.7 Å². The van der Waals surface area contributed by atoms with E-state index in [0.29, 0.717) is 24.5 Å². The lowest BCUT2D eigenvalue weighted by molar-refractivity contribution is -0.126. The van der Waals surface area contributed by atoms with Crippen molar-refractivity contribution in [3.63, 3.8) is 0 Å². The summed E-state index contributed by atoms with van der Waals surface area (Å²) >= 11 is 1.64. The van der Waals surface area contributed by atoms with Gasteiger partial charge in [-0.1, -0.05) is 36.4 Å². The summed E-state index contributed by atoms with van der Waals surface area (Å²) in [6.07, 6.45) is 6.56. The minimum Gasteiger partial charge on any atom is -0.334 e. The van der Waals surface area contributed by atoms with E-state index in [1.807, 2.05) is 30.3 Å². The number of benzene rings is 1. The molecule has 7 nitrogen and oxygen atoms in total. The summed E-state index contributed by atoms with van der Waals surface area (Å²) in [4.78, 5) is 35.8. The van der Waals surface area contributed by atoms with Crippen molar-refractivity contribution in [1.82, 2.24) is 20.3 Å². The highest BCUT2D eigenvalue weighted by Crippen LogP contribution is 2.31. The van der Waals surface area contributed by atoms with Gasteiger partial charge in [-0.3, -0.25) is 14.8 Å². The number of aromatic nitrogens is 2. The molecule has 164 valence electrons. The third-order valence-corrected chi connectivity index (χ3v) is 5.90. The zero-order valence-electron chi connectivity index (χ0n) is 17.0. The van der Waals surface area contributed by atoms with Gasteiger partial charge in [-0.05, 0) is 24.3 Å². The van der Waals surface area contributed by atoms with E-state index >= 15 is 0 Å². The van der Waals surface area contributed by atoms with Crippen LogP contribution in [0.4, 0.5) is 0 Å². The van der Waals surface area contributed by atoms with E-state index in [1.165, 1.54) is 23.7 Å². The molecule has 3 aromatic rings. The topological polar surface area (TPSA) is 95.4 Å². The number of pyridine rings is 1. The zero-order valence-corrected chi connectivity index (χ0v) is 18.6. The number of nitrogens with one attached hydrogen (secondary N) is 1. The van der Waals surface area contributed by atoms with Crippen LogP contribution in [0.3, 0.4) is 0 Å². The van der Waals surface area contributed by atoms with Crippen LogP contribution in [0.2, 0.25) is 0 Å².